The van der Waals surface area contributed by atoms with Crippen molar-refractivity contribution in [3.05, 3.63) is 24.2 Å². The Bertz CT molecular complexity index is 377. The molecule has 88 valence electrons. The van der Waals surface area contributed by atoms with Crippen molar-refractivity contribution < 1.29 is 18.3 Å². The molecule has 2 aliphatic heterocycles. The molecule has 2 unspecified atom stereocenters. The monoisotopic (exact) mass is 230 g/mol. The van der Waals surface area contributed by atoms with Crippen molar-refractivity contribution in [3.8, 4) is 0 Å². The Kier molecular flexibility index (Phi) is 2.57. The highest BCUT2D eigenvalue weighted by atomic mass is 19.3. The lowest BCUT2D eigenvalue weighted by Gasteiger charge is -2.16. The number of alkyl halides is 2. The molecule has 0 amide bonds. The molecule has 2 rings (SSSR count). The van der Waals surface area contributed by atoms with E-state index in [1.807, 2.05) is 6.92 Å². The molecule has 6 heteroatoms. The summed E-state index contributed by atoms with van der Waals surface area (Å²) >= 11 is 0. The standard InChI is InChI=1S/C10H12F2N2O2/c1-6-5-9-8(13-7(2)14-9)3-4-15-10(11,12)16-6/h3-5,8-9H,1-2H3,(H,13,14)/b4-3+,6-5+. The van der Waals surface area contributed by atoms with Gasteiger partial charge in [-0.1, -0.05) is 0 Å². The summed E-state index contributed by atoms with van der Waals surface area (Å²) in [7, 11) is 0. The van der Waals surface area contributed by atoms with E-state index < -0.39 is 6.29 Å². The maximum Gasteiger partial charge on any atom is 0.585 e. The molecule has 0 aromatic rings. The topological polar surface area (TPSA) is 42.9 Å². The minimum absolute atomic E-state index is 0.0982. The van der Waals surface area contributed by atoms with Crippen molar-refractivity contribution in [3.63, 3.8) is 0 Å². The second-order valence-corrected chi connectivity index (χ2v) is 3.66. The lowest BCUT2D eigenvalue weighted by molar-refractivity contribution is -0.356. The Balaban J connectivity index is 2.25. The average Bonchev–Trinajstić information content (AvgIpc) is 2.44. The molecule has 0 spiro atoms. The van der Waals surface area contributed by atoms with E-state index in [9.17, 15) is 8.78 Å². The van der Waals surface area contributed by atoms with E-state index in [0.717, 1.165) is 12.1 Å². The van der Waals surface area contributed by atoms with Crippen LogP contribution >= 0.6 is 0 Å². The van der Waals surface area contributed by atoms with Crippen LogP contribution in [0.3, 0.4) is 0 Å². The van der Waals surface area contributed by atoms with Gasteiger partial charge in [-0.3, -0.25) is 4.99 Å². The zero-order chi connectivity index (χ0) is 11.8. The molecule has 0 aromatic heterocycles. The van der Waals surface area contributed by atoms with Gasteiger partial charge in [0.1, 0.15) is 5.76 Å². The number of nitrogens with zero attached hydrogens (tertiary/aromatic N) is 1. The highest BCUT2D eigenvalue weighted by molar-refractivity contribution is 5.82. The highest BCUT2D eigenvalue weighted by Gasteiger charge is 2.36. The summed E-state index contributed by atoms with van der Waals surface area (Å²) in [6.45, 7) is 3.26. The van der Waals surface area contributed by atoms with Gasteiger partial charge in [0.2, 0.25) is 0 Å². The Morgan fingerprint density at radius 3 is 2.94 bits per heavy atom. The van der Waals surface area contributed by atoms with E-state index in [1.54, 1.807) is 6.08 Å². The van der Waals surface area contributed by atoms with Gasteiger partial charge in [-0.2, -0.15) is 0 Å². The number of nitrogens with one attached hydrogen (secondary N) is 1. The second-order valence-electron chi connectivity index (χ2n) is 3.66. The number of hydrogen-bond acceptors (Lipinski definition) is 4. The maximum absolute atomic E-state index is 12.9. The minimum atomic E-state index is -3.63. The number of allylic oxidation sites excluding steroid dienone is 1. The first-order valence-electron chi connectivity index (χ1n) is 4.87. The fraction of sp³-hybridized carbons (Fsp3) is 0.500. The smallest absolute Gasteiger partial charge is 0.407 e. The van der Waals surface area contributed by atoms with Crippen LogP contribution in [-0.2, 0) is 9.47 Å². The number of aliphatic imine (C=N–C) groups is 1. The lowest BCUT2D eigenvalue weighted by atomic mass is 10.1. The summed E-state index contributed by atoms with van der Waals surface area (Å²) in [4.78, 5) is 4.23. The van der Waals surface area contributed by atoms with Gasteiger partial charge in [0, 0.05) is 0 Å². The van der Waals surface area contributed by atoms with E-state index >= 15 is 0 Å². The van der Waals surface area contributed by atoms with Gasteiger partial charge in [0.05, 0.1) is 24.2 Å². The highest BCUT2D eigenvalue weighted by Crippen LogP contribution is 2.24. The summed E-state index contributed by atoms with van der Waals surface area (Å²) in [6.07, 6.45) is 0.334. The van der Waals surface area contributed by atoms with Crippen LogP contribution in [0.15, 0.2) is 29.2 Å². The quantitative estimate of drug-likeness (QED) is 0.689. The molecule has 0 saturated heterocycles. The molecule has 0 aromatic carbocycles. The molecule has 0 saturated carbocycles. The van der Waals surface area contributed by atoms with Gasteiger partial charge in [0.15, 0.2) is 0 Å². The summed E-state index contributed by atoms with van der Waals surface area (Å²) < 4.78 is 34.4. The molecule has 0 aliphatic carbocycles. The third kappa shape index (κ3) is 2.32. The SMILES string of the molecule is CC1=NC2/C=C/OC(F)(F)O/C(C)=C/C2N1. The summed E-state index contributed by atoms with van der Waals surface area (Å²) in [5.41, 5.74) is 0. The van der Waals surface area contributed by atoms with Crippen LogP contribution in [0.25, 0.3) is 0 Å². The van der Waals surface area contributed by atoms with Gasteiger partial charge in [-0.05, 0) is 26.0 Å². The normalized spacial score (nSPS) is 37.0. The summed E-state index contributed by atoms with van der Waals surface area (Å²) in [5.74, 6) is 0.858. The Morgan fingerprint density at radius 1 is 1.44 bits per heavy atom. The zero-order valence-electron chi connectivity index (χ0n) is 8.91. The fourth-order valence-corrected chi connectivity index (χ4v) is 1.67. The van der Waals surface area contributed by atoms with Gasteiger partial charge in [0.25, 0.3) is 0 Å². The fourth-order valence-electron chi connectivity index (χ4n) is 1.67. The molecule has 2 heterocycles. The molecule has 4 nitrogen and oxygen atoms in total. The molecular weight excluding hydrogens is 218 g/mol. The molecule has 2 atom stereocenters. The predicted octanol–water partition coefficient (Wildman–Crippen LogP) is 1.76. The number of ether oxygens (including phenoxy) is 2. The van der Waals surface area contributed by atoms with Crippen molar-refractivity contribution in [1.82, 2.24) is 5.32 Å². The van der Waals surface area contributed by atoms with Crippen LogP contribution in [-0.4, -0.2) is 24.2 Å². The Morgan fingerprint density at radius 2 is 2.19 bits per heavy atom. The van der Waals surface area contributed by atoms with E-state index in [-0.39, 0.29) is 17.8 Å². The molecule has 0 fully saturated rings. The van der Waals surface area contributed by atoms with Crippen LogP contribution in [0.4, 0.5) is 8.78 Å². The molecule has 1 N–H and O–H groups in total. The van der Waals surface area contributed by atoms with Crippen LogP contribution in [0.2, 0.25) is 0 Å². The molecular formula is C10H12F2N2O2. The summed E-state index contributed by atoms with van der Waals surface area (Å²) in [5, 5.41) is 3.05. The Hall–Kier alpha value is -1.59. The second kappa shape index (κ2) is 3.77. The average molecular weight is 230 g/mol. The van der Waals surface area contributed by atoms with Crippen LogP contribution in [0.1, 0.15) is 13.8 Å². The van der Waals surface area contributed by atoms with Crippen molar-refractivity contribution >= 4 is 5.84 Å². The first-order chi connectivity index (χ1) is 7.46. The van der Waals surface area contributed by atoms with E-state index in [2.05, 4.69) is 19.8 Å². The molecule has 0 radical (unpaired) electrons. The van der Waals surface area contributed by atoms with E-state index in [0.29, 0.717) is 0 Å². The van der Waals surface area contributed by atoms with Gasteiger partial charge in [-0.25, -0.2) is 0 Å². The molecule has 0 bridgehead atoms. The van der Waals surface area contributed by atoms with Gasteiger partial charge >= 0.3 is 6.29 Å². The van der Waals surface area contributed by atoms with Crippen molar-refractivity contribution in [1.29, 1.82) is 0 Å². The first-order valence-corrected chi connectivity index (χ1v) is 4.87. The van der Waals surface area contributed by atoms with Crippen LogP contribution < -0.4 is 5.32 Å². The van der Waals surface area contributed by atoms with Crippen molar-refractivity contribution in [2.24, 2.45) is 4.99 Å². The Labute approximate surface area is 91.6 Å². The molecule has 16 heavy (non-hydrogen) atoms. The largest absolute Gasteiger partial charge is 0.585 e. The van der Waals surface area contributed by atoms with E-state index in [4.69, 9.17) is 0 Å². The first kappa shape index (κ1) is 10.9. The van der Waals surface area contributed by atoms with E-state index in [1.165, 1.54) is 13.0 Å². The summed E-state index contributed by atoms with van der Waals surface area (Å²) in [6, 6.07) is -0.416. The predicted molar refractivity (Wildman–Crippen MR) is 53.8 cm³/mol. The third-order valence-electron chi connectivity index (χ3n) is 2.26. The molecule has 2 aliphatic rings. The zero-order valence-corrected chi connectivity index (χ0v) is 8.91. The van der Waals surface area contributed by atoms with Crippen molar-refractivity contribution in [2.45, 2.75) is 32.2 Å². The minimum Gasteiger partial charge on any atom is -0.407 e. The van der Waals surface area contributed by atoms with Gasteiger partial charge < -0.3 is 14.8 Å². The maximum atomic E-state index is 12.9. The third-order valence-corrected chi connectivity index (χ3v) is 2.26. The van der Waals surface area contributed by atoms with Crippen LogP contribution in [0.5, 0.6) is 0 Å². The van der Waals surface area contributed by atoms with Crippen LogP contribution in [0, 0.1) is 0 Å². The number of rotatable bonds is 0. The van der Waals surface area contributed by atoms with Crippen molar-refractivity contribution in [2.75, 3.05) is 0 Å². The number of hydrogen-bond donors (Lipinski definition) is 1. The number of amidine groups is 1. The number of halogens is 2. The van der Waals surface area contributed by atoms with Gasteiger partial charge in [-0.15, -0.1) is 8.78 Å². The lowest BCUT2D eigenvalue weighted by Crippen LogP contribution is -2.31. The number of fused-ring (bicyclic) bond motifs is 1.